The molecule has 1 atom stereocenters. The first kappa shape index (κ1) is 27.4. The van der Waals surface area contributed by atoms with Crippen molar-refractivity contribution in [2.24, 2.45) is 0 Å². The van der Waals surface area contributed by atoms with Crippen molar-refractivity contribution in [1.82, 2.24) is 14.3 Å². The van der Waals surface area contributed by atoms with E-state index in [1.54, 1.807) is 66.4 Å². The quantitative estimate of drug-likeness (QED) is 0.292. The minimum atomic E-state index is -3.86. The summed E-state index contributed by atoms with van der Waals surface area (Å²) in [5.74, 6) is 0.729. The average Bonchev–Trinajstić information content (AvgIpc) is 3.44. The summed E-state index contributed by atoms with van der Waals surface area (Å²) in [5, 5.41) is 9.60. The molecule has 9 nitrogen and oxygen atoms in total. The molecule has 2 heterocycles. The van der Waals surface area contributed by atoms with Crippen molar-refractivity contribution in [1.29, 1.82) is 5.26 Å². The maximum absolute atomic E-state index is 14.1. The molecule has 5 rings (SSSR count). The van der Waals surface area contributed by atoms with E-state index >= 15 is 0 Å². The van der Waals surface area contributed by atoms with E-state index in [2.05, 4.69) is 20.9 Å². The number of nitriles is 1. The average molecular weight is 558 g/mol. The predicted molar refractivity (Wildman–Crippen MR) is 151 cm³/mol. The molecule has 0 unspecified atom stereocenters. The molecule has 0 aliphatic carbocycles. The molecule has 0 bridgehead atoms. The SMILES string of the molecule is COCCOc1ccc(C[C@@H]2CN(Cc3cnc[nH]3)c3ccc(C#N)cc3CN2S(=O)(=O)c2ccccc2)cc1. The molecule has 206 valence electrons. The van der Waals surface area contributed by atoms with Gasteiger partial charge >= 0.3 is 0 Å². The van der Waals surface area contributed by atoms with Gasteiger partial charge in [0.25, 0.3) is 0 Å². The summed E-state index contributed by atoms with van der Waals surface area (Å²) in [6.07, 6.45) is 3.89. The zero-order valence-electron chi connectivity index (χ0n) is 22.2. The van der Waals surface area contributed by atoms with Gasteiger partial charge in [0.05, 0.1) is 41.7 Å². The number of imidazole rings is 1. The van der Waals surface area contributed by atoms with Crippen molar-refractivity contribution in [3.05, 3.63) is 108 Å². The fourth-order valence-electron chi connectivity index (χ4n) is 4.97. The summed E-state index contributed by atoms with van der Waals surface area (Å²) in [7, 11) is -2.23. The fourth-order valence-corrected chi connectivity index (χ4v) is 6.58. The van der Waals surface area contributed by atoms with E-state index < -0.39 is 16.1 Å². The standard InChI is InChI=1S/C30H31N5O4S/c1-38-13-14-39-28-10-7-23(8-11-28)16-27-21-34(20-26-18-32-22-33-26)30-12-9-24(17-31)15-25(30)19-35(27)40(36,37)29-5-3-2-4-6-29/h2-12,15,18,22,27H,13-14,16,19-21H2,1H3,(H,32,33)/t27-/m1/s1. The van der Waals surface area contributed by atoms with Crippen molar-refractivity contribution in [2.45, 2.75) is 30.4 Å². The number of methoxy groups -OCH3 is 1. The Hall–Kier alpha value is -4.17. The van der Waals surface area contributed by atoms with Crippen molar-refractivity contribution >= 4 is 15.7 Å². The van der Waals surface area contributed by atoms with Crippen LogP contribution in [-0.4, -0.2) is 55.6 Å². The molecule has 1 aliphatic heterocycles. The first-order valence-corrected chi connectivity index (χ1v) is 14.4. The number of anilines is 1. The van der Waals surface area contributed by atoms with E-state index in [9.17, 15) is 13.7 Å². The summed E-state index contributed by atoms with van der Waals surface area (Å²) in [5.41, 5.74) is 4.06. The van der Waals surface area contributed by atoms with Gasteiger partial charge in [-0.25, -0.2) is 13.4 Å². The van der Waals surface area contributed by atoms with Crippen LogP contribution in [0.15, 0.2) is 90.2 Å². The number of fused-ring (bicyclic) bond motifs is 1. The number of nitrogens with one attached hydrogen (secondary N) is 1. The Morgan fingerprint density at radius 3 is 2.58 bits per heavy atom. The van der Waals surface area contributed by atoms with E-state index in [0.29, 0.717) is 38.3 Å². The number of rotatable bonds is 10. The van der Waals surface area contributed by atoms with Crippen molar-refractivity contribution in [3.63, 3.8) is 0 Å². The van der Waals surface area contributed by atoms with Gasteiger partial charge in [-0.15, -0.1) is 0 Å². The third kappa shape index (κ3) is 6.18. The largest absolute Gasteiger partial charge is 0.491 e. The van der Waals surface area contributed by atoms with E-state index in [1.165, 1.54) is 0 Å². The second-order valence-corrected chi connectivity index (χ2v) is 11.5. The number of nitrogens with zero attached hydrogens (tertiary/aromatic N) is 4. The molecule has 0 radical (unpaired) electrons. The van der Waals surface area contributed by atoms with Crippen LogP contribution in [0.1, 0.15) is 22.4 Å². The van der Waals surface area contributed by atoms with Gasteiger partial charge in [0.15, 0.2) is 0 Å². The van der Waals surface area contributed by atoms with Crippen molar-refractivity contribution < 1.29 is 17.9 Å². The highest BCUT2D eigenvalue weighted by Gasteiger charge is 2.36. The normalized spacial score (nSPS) is 15.7. The number of aromatic nitrogens is 2. The van der Waals surface area contributed by atoms with Gasteiger partial charge in [-0.1, -0.05) is 30.3 Å². The molecule has 0 fully saturated rings. The molecule has 1 aromatic heterocycles. The van der Waals surface area contributed by atoms with Crippen LogP contribution in [0, 0.1) is 11.3 Å². The molecule has 1 N–H and O–H groups in total. The summed E-state index contributed by atoms with van der Waals surface area (Å²) in [6, 6.07) is 23.5. The Kier molecular flexibility index (Phi) is 8.45. The minimum absolute atomic E-state index is 0.143. The highest BCUT2D eigenvalue weighted by atomic mass is 32.2. The summed E-state index contributed by atoms with van der Waals surface area (Å²) < 4.78 is 40.6. The first-order valence-electron chi connectivity index (χ1n) is 13.0. The van der Waals surface area contributed by atoms with Crippen LogP contribution in [0.25, 0.3) is 0 Å². The number of benzene rings is 3. The Bertz CT molecular complexity index is 1550. The molecular formula is C30H31N5O4S. The third-order valence-electron chi connectivity index (χ3n) is 6.93. The topological polar surface area (TPSA) is 112 Å². The smallest absolute Gasteiger partial charge is 0.243 e. The monoisotopic (exact) mass is 557 g/mol. The zero-order valence-corrected chi connectivity index (χ0v) is 23.0. The molecule has 3 aromatic carbocycles. The van der Waals surface area contributed by atoms with Crippen LogP contribution in [0.2, 0.25) is 0 Å². The molecular weight excluding hydrogens is 526 g/mol. The van der Waals surface area contributed by atoms with Gasteiger partial charge in [-0.2, -0.15) is 9.57 Å². The Labute approximate surface area is 234 Å². The van der Waals surface area contributed by atoms with E-state index in [4.69, 9.17) is 9.47 Å². The van der Waals surface area contributed by atoms with Gasteiger partial charge in [0, 0.05) is 38.1 Å². The van der Waals surface area contributed by atoms with Gasteiger partial charge in [0.1, 0.15) is 12.4 Å². The van der Waals surface area contributed by atoms with Gasteiger partial charge in [-0.3, -0.25) is 0 Å². The van der Waals surface area contributed by atoms with Crippen LogP contribution in [0.4, 0.5) is 5.69 Å². The van der Waals surface area contributed by atoms with Gasteiger partial charge < -0.3 is 19.4 Å². The maximum Gasteiger partial charge on any atom is 0.243 e. The first-order chi connectivity index (χ1) is 19.5. The highest BCUT2D eigenvalue weighted by Crippen LogP contribution is 2.34. The summed E-state index contributed by atoms with van der Waals surface area (Å²) in [4.78, 5) is 9.72. The van der Waals surface area contributed by atoms with Crippen molar-refractivity contribution in [2.75, 3.05) is 31.8 Å². The molecule has 4 aromatic rings. The zero-order chi connectivity index (χ0) is 28.0. The molecule has 0 saturated heterocycles. The number of H-pyrrole nitrogens is 1. The maximum atomic E-state index is 14.1. The Morgan fingerprint density at radius 1 is 1.07 bits per heavy atom. The van der Waals surface area contributed by atoms with Crippen LogP contribution in [0.3, 0.4) is 0 Å². The lowest BCUT2D eigenvalue weighted by atomic mass is 10.1. The number of aromatic amines is 1. The van der Waals surface area contributed by atoms with Crippen LogP contribution in [0.5, 0.6) is 5.75 Å². The highest BCUT2D eigenvalue weighted by molar-refractivity contribution is 7.89. The second kappa shape index (κ2) is 12.3. The Morgan fingerprint density at radius 2 is 1.88 bits per heavy atom. The molecule has 1 aliphatic rings. The minimum Gasteiger partial charge on any atom is -0.491 e. The van der Waals surface area contributed by atoms with E-state index in [1.807, 2.05) is 30.3 Å². The van der Waals surface area contributed by atoms with Gasteiger partial charge in [0.2, 0.25) is 10.0 Å². The molecule has 40 heavy (non-hydrogen) atoms. The van der Waals surface area contributed by atoms with Crippen molar-refractivity contribution in [3.8, 4) is 11.8 Å². The third-order valence-corrected chi connectivity index (χ3v) is 8.84. The summed E-state index contributed by atoms with van der Waals surface area (Å²) in [6.45, 7) is 2.05. The number of sulfonamides is 1. The lowest BCUT2D eigenvalue weighted by Crippen LogP contribution is -2.45. The van der Waals surface area contributed by atoms with E-state index in [-0.39, 0.29) is 11.4 Å². The second-order valence-electron chi connectivity index (χ2n) is 9.62. The molecule has 0 amide bonds. The Balaban J connectivity index is 1.54. The molecule has 10 heteroatoms. The van der Waals surface area contributed by atoms with Crippen LogP contribution < -0.4 is 9.64 Å². The van der Waals surface area contributed by atoms with Crippen LogP contribution >= 0.6 is 0 Å². The fraction of sp³-hybridized carbons (Fsp3) is 0.267. The van der Waals surface area contributed by atoms with E-state index in [0.717, 1.165) is 28.3 Å². The van der Waals surface area contributed by atoms with Crippen LogP contribution in [-0.2, 0) is 34.3 Å². The number of hydrogen-bond donors (Lipinski definition) is 1. The number of hydrogen-bond acceptors (Lipinski definition) is 7. The lowest BCUT2D eigenvalue weighted by molar-refractivity contribution is 0.146. The number of ether oxygens (including phenoxy) is 2. The molecule has 0 saturated carbocycles. The predicted octanol–water partition coefficient (Wildman–Crippen LogP) is 4.13. The molecule has 0 spiro atoms. The van der Waals surface area contributed by atoms with Gasteiger partial charge in [-0.05, 0) is 60.0 Å². The lowest BCUT2D eigenvalue weighted by Gasteiger charge is -2.32. The summed E-state index contributed by atoms with van der Waals surface area (Å²) >= 11 is 0.